The van der Waals surface area contributed by atoms with Crippen LogP contribution < -0.4 is 5.73 Å². The van der Waals surface area contributed by atoms with Crippen molar-refractivity contribution in [2.45, 2.75) is 33.2 Å². The van der Waals surface area contributed by atoms with Gasteiger partial charge < -0.3 is 10.6 Å². The molecular weight excluding hydrogens is 258 g/mol. The SMILES string of the molecule is CCCc1[nH]nc(C(=O)N(C)Cc2n[nH]c(C)n2)c1N. The normalized spacial score (nSPS) is 10.8. The summed E-state index contributed by atoms with van der Waals surface area (Å²) in [5, 5.41) is 13.6. The molecule has 2 heterocycles. The molecule has 0 bridgehead atoms. The summed E-state index contributed by atoms with van der Waals surface area (Å²) in [6.07, 6.45) is 1.71. The first-order valence-corrected chi connectivity index (χ1v) is 6.49. The number of aromatic amines is 2. The third-order valence-electron chi connectivity index (χ3n) is 2.95. The number of rotatable bonds is 5. The van der Waals surface area contributed by atoms with E-state index in [4.69, 9.17) is 5.73 Å². The Morgan fingerprint density at radius 3 is 2.70 bits per heavy atom. The zero-order valence-electron chi connectivity index (χ0n) is 11.9. The van der Waals surface area contributed by atoms with Crippen LogP contribution >= 0.6 is 0 Å². The predicted molar refractivity (Wildman–Crippen MR) is 73.9 cm³/mol. The summed E-state index contributed by atoms with van der Waals surface area (Å²) in [7, 11) is 1.67. The fraction of sp³-hybridized carbons (Fsp3) is 0.500. The van der Waals surface area contributed by atoms with E-state index in [1.54, 1.807) is 14.0 Å². The molecule has 4 N–H and O–H groups in total. The number of hydrogen-bond acceptors (Lipinski definition) is 5. The van der Waals surface area contributed by atoms with Crippen LogP contribution in [0.2, 0.25) is 0 Å². The monoisotopic (exact) mass is 277 g/mol. The Kier molecular flexibility index (Phi) is 4.02. The van der Waals surface area contributed by atoms with Crippen LogP contribution in [0, 0.1) is 6.92 Å². The number of nitrogen functional groups attached to an aromatic ring is 1. The summed E-state index contributed by atoms with van der Waals surface area (Å²) in [5.74, 6) is 1.02. The summed E-state index contributed by atoms with van der Waals surface area (Å²) >= 11 is 0. The van der Waals surface area contributed by atoms with E-state index >= 15 is 0 Å². The molecule has 0 radical (unpaired) electrons. The van der Waals surface area contributed by atoms with Crippen LogP contribution in [0.3, 0.4) is 0 Å². The van der Waals surface area contributed by atoms with Crippen LogP contribution in [0.1, 0.15) is 41.2 Å². The molecule has 20 heavy (non-hydrogen) atoms. The summed E-state index contributed by atoms with van der Waals surface area (Å²) in [4.78, 5) is 17.9. The lowest BCUT2D eigenvalue weighted by molar-refractivity contribution is 0.0777. The van der Waals surface area contributed by atoms with Crippen LogP contribution in [-0.4, -0.2) is 43.2 Å². The first-order chi connectivity index (χ1) is 9.52. The van der Waals surface area contributed by atoms with Crippen LogP contribution in [0.25, 0.3) is 0 Å². The van der Waals surface area contributed by atoms with E-state index in [1.807, 2.05) is 6.92 Å². The zero-order valence-corrected chi connectivity index (χ0v) is 11.9. The molecule has 2 aromatic heterocycles. The quantitative estimate of drug-likeness (QED) is 0.741. The number of carbonyl (C=O) groups is 1. The highest BCUT2D eigenvalue weighted by molar-refractivity contribution is 5.97. The zero-order chi connectivity index (χ0) is 14.7. The second-order valence-electron chi connectivity index (χ2n) is 4.71. The maximum absolute atomic E-state index is 12.3. The summed E-state index contributed by atoms with van der Waals surface area (Å²) in [6, 6.07) is 0. The van der Waals surface area contributed by atoms with Gasteiger partial charge in [0.15, 0.2) is 11.5 Å². The molecule has 0 aliphatic rings. The molecule has 0 saturated carbocycles. The number of anilines is 1. The number of H-pyrrole nitrogens is 2. The molecule has 2 aromatic rings. The molecule has 0 aliphatic carbocycles. The average Bonchev–Trinajstić information content (AvgIpc) is 2.97. The van der Waals surface area contributed by atoms with Gasteiger partial charge in [-0.15, -0.1) is 0 Å². The molecular formula is C12H19N7O. The number of amides is 1. The molecule has 0 aliphatic heterocycles. The van der Waals surface area contributed by atoms with E-state index < -0.39 is 0 Å². The lowest BCUT2D eigenvalue weighted by Gasteiger charge is -2.13. The van der Waals surface area contributed by atoms with Crippen molar-refractivity contribution >= 4 is 11.6 Å². The summed E-state index contributed by atoms with van der Waals surface area (Å²) in [6.45, 7) is 4.15. The predicted octanol–water partition coefficient (Wildman–Crippen LogP) is 0.643. The summed E-state index contributed by atoms with van der Waals surface area (Å²) in [5.41, 5.74) is 7.43. The van der Waals surface area contributed by atoms with Gasteiger partial charge in [0, 0.05) is 7.05 Å². The molecule has 0 saturated heterocycles. The molecule has 0 unspecified atom stereocenters. The molecule has 0 fully saturated rings. The van der Waals surface area contributed by atoms with Crippen LogP contribution in [-0.2, 0) is 13.0 Å². The van der Waals surface area contributed by atoms with Crippen LogP contribution in [0.4, 0.5) is 5.69 Å². The van der Waals surface area contributed by atoms with Gasteiger partial charge in [-0.1, -0.05) is 13.3 Å². The highest BCUT2D eigenvalue weighted by Gasteiger charge is 2.21. The topological polar surface area (TPSA) is 117 Å². The van der Waals surface area contributed by atoms with Crippen molar-refractivity contribution in [2.75, 3.05) is 12.8 Å². The Balaban J connectivity index is 2.10. The number of aromatic nitrogens is 5. The third-order valence-corrected chi connectivity index (χ3v) is 2.95. The van der Waals surface area contributed by atoms with E-state index in [0.29, 0.717) is 23.9 Å². The van der Waals surface area contributed by atoms with Crippen LogP contribution in [0.15, 0.2) is 0 Å². The first kappa shape index (κ1) is 14.0. The lowest BCUT2D eigenvalue weighted by Crippen LogP contribution is -2.27. The minimum absolute atomic E-state index is 0.247. The molecule has 2 rings (SSSR count). The van der Waals surface area contributed by atoms with Gasteiger partial charge in [0.05, 0.1) is 17.9 Å². The van der Waals surface area contributed by atoms with Gasteiger partial charge in [-0.25, -0.2) is 4.98 Å². The number of nitrogens with two attached hydrogens (primary N) is 1. The van der Waals surface area contributed by atoms with Crippen molar-refractivity contribution in [3.8, 4) is 0 Å². The Bertz CT molecular complexity index is 601. The number of nitrogens with one attached hydrogen (secondary N) is 2. The fourth-order valence-electron chi connectivity index (χ4n) is 1.91. The fourth-order valence-corrected chi connectivity index (χ4v) is 1.91. The smallest absolute Gasteiger partial charge is 0.276 e. The van der Waals surface area contributed by atoms with E-state index in [-0.39, 0.29) is 11.6 Å². The van der Waals surface area contributed by atoms with Gasteiger partial charge >= 0.3 is 0 Å². The second-order valence-corrected chi connectivity index (χ2v) is 4.71. The van der Waals surface area contributed by atoms with Crippen molar-refractivity contribution in [1.29, 1.82) is 0 Å². The van der Waals surface area contributed by atoms with E-state index in [2.05, 4.69) is 25.4 Å². The average molecular weight is 277 g/mol. The van der Waals surface area contributed by atoms with Crippen molar-refractivity contribution in [3.63, 3.8) is 0 Å². The number of aryl methyl sites for hydroxylation is 2. The molecule has 108 valence electrons. The minimum Gasteiger partial charge on any atom is -0.395 e. The Morgan fingerprint density at radius 2 is 2.10 bits per heavy atom. The molecule has 8 heteroatoms. The summed E-state index contributed by atoms with van der Waals surface area (Å²) < 4.78 is 0. The van der Waals surface area contributed by atoms with Crippen LogP contribution in [0.5, 0.6) is 0 Å². The van der Waals surface area contributed by atoms with E-state index in [1.165, 1.54) is 4.90 Å². The standard InChI is InChI=1S/C12H19N7O/c1-4-5-8-10(13)11(18-16-8)12(20)19(3)6-9-14-7(2)15-17-9/h4-6,13H2,1-3H3,(H,16,18)(H,14,15,17). The van der Waals surface area contributed by atoms with Gasteiger partial charge in [-0.3, -0.25) is 15.0 Å². The van der Waals surface area contributed by atoms with Gasteiger partial charge in [0.1, 0.15) is 5.82 Å². The molecule has 8 nitrogen and oxygen atoms in total. The molecule has 1 amide bonds. The van der Waals surface area contributed by atoms with E-state index in [0.717, 1.165) is 18.5 Å². The van der Waals surface area contributed by atoms with Gasteiger partial charge in [-0.05, 0) is 13.3 Å². The Morgan fingerprint density at radius 1 is 1.35 bits per heavy atom. The molecule has 0 atom stereocenters. The molecule has 0 aromatic carbocycles. The van der Waals surface area contributed by atoms with Gasteiger partial charge in [0.25, 0.3) is 5.91 Å². The van der Waals surface area contributed by atoms with E-state index in [9.17, 15) is 4.79 Å². The van der Waals surface area contributed by atoms with Crippen molar-refractivity contribution in [2.24, 2.45) is 0 Å². The van der Waals surface area contributed by atoms with Gasteiger partial charge in [0.2, 0.25) is 0 Å². The number of carbonyl (C=O) groups excluding carboxylic acids is 1. The number of hydrogen-bond donors (Lipinski definition) is 3. The maximum atomic E-state index is 12.3. The third kappa shape index (κ3) is 2.79. The number of nitrogens with zero attached hydrogens (tertiary/aromatic N) is 4. The van der Waals surface area contributed by atoms with Crippen molar-refractivity contribution in [3.05, 3.63) is 23.0 Å². The second kappa shape index (κ2) is 5.72. The van der Waals surface area contributed by atoms with Gasteiger partial charge in [-0.2, -0.15) is 10.2 Å². The lowest BCUT2D eigenvalue weighted by atomic mass is 10.2. The van der Waals surface area contributed by atoms with Crippen molar-refractivity contribution in [1.82, 2.24) is 30.3 Å². The Hall–Kier alpha value is -2.38. The Labute approximate surface area is 116 Å². The largest absolute Gasteiger partial charge is 0.395 e. The highest BCUT2D eigenvalue weighted by atomic mass is 16.2. The minimum atomic E-state index is -0.247. The van der Waals surface area contributed by atoms with Crippen molar-refractivity contribution < 1.29 is 4.79 Å². The first-order valence-electron chi connectivity index (χ1n) is 6.49. The highest BCUT2D eigenvalue weighted by Crippen LogP contribution is 2.17. The maximum Gasteiger partial charge on any atom is 0.276 e. The molecule has 0 spiro atoms.